The van der Waals surface area contributed by atoms with Crippen LogP contribution in [0.1, 0.15) is 29.3 Å². The summed E-state index contributed by atoms with van der Waals surface area (Å²) in [4.78, 5) is 21.5. The number of hydrogen-bond acceptors (Lipinski definition) is 7. The number of amides is 1. The summed E-state index contributed by atoms with van der Waals surface area (Å²) in [5.41, 5.74) is 4.06. The molecule has 3 heterocycles. The zero-order valence-corrected chi connectivity index (χ0v) is 17.9. The number of benzene rings is 1. The monoisotopic (exact) mass is 434 g/mol. The first kappa shape index (κ1) is 19.0. The zero-order valence-electron chi connectivity index (χ0n) is 16.2. The summed E-state index contributed by atoms with van der Waals surface area (Å²) in [6.07, 6.45) is 2.97. The second-order valence-corrected chi connectivity index (χ2v) is 9.51. The van der Waals surface area contributed by atoms with Gasteiger partial charge in [0, 0.05) is 15.8 Å². The van der Waals surface area contributed by atoms with Gasteiger partial charge in [-0.3, -0.25) is 4.79 Å². The highest BCUT2D eigenvalue weighted by atomic mass is 32.2. The van der Waals surface area contributed by atoms with E-state index in [1.165, 1.54) is 28.0 Å². The summed E-state index contributed by atoms with van der Waals surface area (Å²) in [7, 11) is 0. The first-order valence-corrected chi connectivity index (χ1v) is 11.5. The number of thioether (sulfide) groups is 1. The highest BCUT2D eigenvalue weighted by molar-refractivity contribution is 7.99. The van der Waals surface area contributed by atoms with E-state index in [2.05, 4.69) is 38.5 Å². The third kappa shape index (κ3) is 3.42. The van der Waals surface area contributed by atoms with Crippen LogP contribution in [-0.2, 0) is 17.6 Å². The summed E-state index contributed by atoms with van der Waals surface area (Å²) < 4.78 is 0. The number of aromatic nitrogens is 4. The topological polar surface area (TPSA) is 107 Å². The second kappa shape index (κ2) is 7.70. The lowest BCUT2D eigenvalue weighted by molar-refractivity contribution is -0.113. The van der Waals surface area contributed by atoms with Gasteiger partial charge in [0.1, 0.15) is 16.6 Å². The minimum atomic E-state index is -0.177. The quantitative estimate of drug-likeness (QED) is 0.464. The fourth-order valence-corrected chi connectivity index (χ4v) is 5.78. The predicted octanol–water partition coefficient (Wildman–Crippen LogP) is 4.29. The summed E-state index contributed by atoms with van der Waals surface area (Å²) in [5, 5.41) is 23.0. The van der Waals surface area contributed by atoms with Crippen molar-refractivity contribution in [3.8, 4) is 6.07 Å². The Morgan fingerprint density at radius 2 is 2.27 bits per heavy atom. The van der Waals surface area contributed by atoms with Crippen LogP contribution in [0, 0.1) is 17.2 Å². The third-order valence-electron chi connectivity index (χ3n) is 5.31. The standard InChI is InChI=1S/C21H18N6OS2/c1-11-6-7-12-14(9-22)20(30-16(12)8-11)24-17(28)10-29-21-25-19-18(26-27-21)13-4-2-3-5-15(13)23-19/h2-5,11H,6-8,10H2,1H3,(H,24,28)(H,23,25,27). The minimum Gasteiger partial charge on any atom is -0.338 e. The molecule has 0 bridgehead atoms. The van der Waals surface area contributed by atoms with E-state index in [0.717, 1.165) is 41.2 Å². The molecule has 0 fully saturated rings. The molecule has 7 nitrogen and oxygen atoms in total. The lowest BCUT2D eigenvalue weighted by Crippen LogP contribution is -2.14. The van der Waals surface area contributed by atoms with Crippen LogP contribution in [0.3, 0.4) is 0 Å². The number of thiophene rings is 1. The van der Waals surface area contributed by atoms with E-state index >= 15 is 0 Å². The number of nitriles is 1. The van der Waals surface area contributed by atoms with Crippen molar-refractivity contribution in [3.63, 3.8) is 0 Å². The van der Waals surface area contributed by atoms with Crippen LogP contribution >= 0.6 is 23.1 Å². The summed E-state index contributed by atoms with van der Waals surface area (Å²) in [6.45, 7) is 2.22. The molecule has 1 unspecified atom stereocenters. The number of H-pyrrole nitrogens is 1. The van der Waals surface area contributed by atoms with E-state index in [4.69, 9.17) is 0 Å². The van der Waals surface area contributed by atoms with Crippen molar-refractivity contribution in [1.82, 2.24) is 20.2 Å². The highest BCUT2D eigenvalue weighted by Crippen LogP contribution is 2.39. The van der Waals surface area contributed by atoms with Crippen molar-refractivity contribution in [1.29, 1.82) is 5.26 Å². The maximum atomic E-state index is 12.5. The minimum absolute atomic E-state index is 0.150. The van der Waals surface area contributed by atoms with Crippen molar-refractivity contribution < 1.29 is 4.79 Å². The number of carbonyl (C=O) groups is 1. The Labute approximate surface area is 180 Å². The van der Waals surface area contributed by atoms with Crippen LogP contribution in [-0.4, -0.2) is 31.8 Å². The van der Waals surface area contributed by atoms with Gasteiger partial charge in [0.15, 0.2) is 5.65 Å². The Morgan fingerprint density at radius 3 is 3.13 bits per heavy atom. The van der Waals surface area contributed by atoms with Gasteiger partial charge in [-0.1, -0.05) is 36.9 Å². The van der Waals surface area contributed by atoms with Crippen molar-refractivity contribution in [3.05, 3.63) is 40.3 Å². The lowest BCUT2D eigenvalue weighted by atomic mass is 9.89. The lowest BCUT2D eigenvalue weighted by Gasteiger charge is -2.17. The Kier molecular flexibility index (Phi) is 4.89. The summed E-state index contributed by atoms with van der Waals surface area (Å²) in [5.74, 6) is 0.589. The van der Waals surface area contributed by atoms with Crippen molar-refractivity contribution in [2.45, 2.75) is 31.3 Å². The van der Waals surface area contributed by atoms with E-state index in [1.807, 2.05) is 24.3 Å². The maximum absolute atomic E-state index is 12.5. The van der Waals surface area contributed by atoms with Gasteiger partial charge >= 0.3 is 0 Å². The summed E-state index contributed by atoms with van der Waals surface area (Å²) in [6, 6.07) is 10.1. The van der Waals surface area contributed by atoms with E-state index in [1.54, 1.807) is 0 Å². The number of rotatable bonds is 4. The molecular weight excluding hydrogens is 416 g/mol. The Bertz CT molecular complexity index is 1320. The van der Waals surface area contributed by atoms with Crippen LogP contribution in [0.5, 0.6) is 0 Å². The molecule has 3 aromatic heterocycles. The number of anilines is 1. The predicted molar refractivity (Wildman–Crippen MR) is 119 cm³/mol. The molecule has 1 aromatic carbocycles. The first-order valence-electron chi connectivity index (χ1n) is 9.71. The summed E-state index contributed by atoms with van der Waals surface area (Å²) >= 11 is 2.76. The molecular formula is C21H18N6OS2. The molecule has 4 aromatic rings. The van der Waals surface area contributed by atoms with Gasteiger partial charge in [-0.25, -0.2) is 4.98 Å². The molecule has 1 aliphatic rings. The number of para-hydroxylation sites is 1. The number of carbonyl (C=O) groups excluding carboxylic acids is 1. The Balaban J connectivity index is 1.30. The average molecular weight is 435 g/mol. The third-order valence-corrected chi connectivity index (χ3v) is 7.32. The molecule has 1 aliphatic carbocycles. The molecule has 0 saturated carbocycles. The normalized spacial score (nSPS) is 15.8. The average Bonchev–Trinajstić information content (AvgIpc) is 3.28. The molecule has 5 rings (SSSR count). The molecule has 150 valence electrons. The second-order valence-electron chi connectivity index (χ2n) is 7.47. The number of nitrogens with one attached hydrogen (secondary N) is 2. The van der Waals surface area contributed by atoms with Gasteiger partial charge in [0.05, 0.1) is 11.3 Å². The van der Waals surface area contributed by atoms with E-state index < -0.39 is 0 Å². The largest absolute Gasteiger partial charge is 0.338 e. The number of aromatic amines is 1. The number of fused-ring (bicyclic) bond motifs is 4. The van der Waals surface area contributed by atoms with Crippen molar-refractivity contribution in [2.75, 3.05) is 11.1 Å². The highest BCUT2D eigenvalue weighted by Gasteiger charge is 2.24. The van der Waals surface area contributed by atoms with Crippen molar-refractivity contribution >= 4 is 56.1 Å². The molecule has 2 N–H and O–H groups in total. The van der Waals surface area contributed by atoms with E-state index in [9.17, 15) is 10.1 Å². The van der Waals surface area contributed by atoms with Gasteiger partial charge in [-0.2, -0.15) is 5.26 Å². The van der Waals surface area contributed by atoms with Gasteiger partial charge in [0.25, 0.3) is 0 Å². The maximum Gasteiger partial charge on any atom is 0.235 e. The van der Waals surface area contributed by atoms with Crippen LogP contribution in [0.4, 0.5) is 5.00 Å². The molecule has 1 amide bonds. The molecule has 0 saturated heterocycles. The van der Waals surface area contributed by atoms with Crippen LogP contribution in [0.2, 0.25) is 0 Å². The zero-order chi connectivity index (χ0) is 20.7. The van der Waals surface area contributed by atoms with E-state index in [-0.39, 0.29) is 11.7 Å². The van der Waals surface area contributed by atoms with Crippen LogP contribution in [0.15, 0.2) is 29.4 Å². The Morgan fingerprint density at radius 1 is 1.40 bits per heavy atom. The number of nitrogens with zero attached hydrogens (tertiary/aromatic N) is 4. The van der Waals surface area contributed by atoms with E-state index in [0.29, 0.717) is 27.3 Å². The molecule has 9 heteroatoms. The Hall–Kier alpha value is -2.96. The van der Waals surface area contributed by atoms with Gasteiger partial charge in [-0.15, -0.1) is 21.5 Å². The first-order chi connectivity index (χ1) is 14.6. The fourth-order valence-electron chi connectivity index (χ4n) is 3.82. The van der Waals surface area contributed by atoms with Gasteiger partial charge in [0.2, 0.25) is 11.1 Å². The SMILES string of the molecule is CC1CCc2c(sc(NC(=O)CSc3nnc4c(n3)[nH]c3ccccc34)c2C#N)C1. The molecule has 30 heavy (non-hydrogen) atoms. The molecule has 0 radical (unpaired) electrons. The van der Waals surface area contributed by atoms with Gasteiger partial charge < -0.3 is 10.3 Å². The van der Waals surface area contributed by atoms with Crippen LogP contribution < -0.4 is 5.32 Å². The number of hydrogen-bond donors (Lipinski definition) is 2. The van der Waals surface area contributed by atoms with Gasteiger partial charge in [-0.05, 0) is 36.8 Å². The smallest absolute Gasteiger partial charge is 0.235 e. The molecule has 1 atom stereocenters. The fraction of sp³-hybridized carbons (Fsp3) is 0.286. The van der Waals surface area contributed by atoms with Crippen molar-refractivity contribution in [2.24, 2.45) is 5.92 Å². The molecule has 0 spiro atoms. The van der Waals surface area contributed by atoms with Crippen LogP contribution in [0.25, 0.3) is 22.1 Å². The molecule has 0 aliphatic heterocycles.